The fraction of sp³-hybridized carbons (Fsp3) is 0.404. The third-order valence-corrected chi connectivity index (χ3v) is 14.4. The summed E-state index contributed by atoms with van der Waals surface area (Å²) in [4.78, 5) is 15.3. The van der Waals surface area contributed by atoms with Crippen LogP contribution >= 0.6 is 0 Å². The molecule has 4 atom stereocenters. The lowest BCUT2D eigenvalue weighted by atomic mass is 9.58. The molecule has 6 nitrogen and oxygen atoms in total. The number of benzene rings is 4. The quantitative estimate of drug-likeness (QED) is 0.137. The van der Waals surface area contributed by atoms with Crippen LogP contribution in [0, 0.1) is 0 Å². The molecule has 2 aromatic heterocycles. The molecule has 298 valence electrons. The highest BCUT2D eigenvalue weighted by atomic mass is 15.5. The summed E-state index contributed by atoms with van der Waals surface area (Å²) in [5, 5.41) is 0. The van der Waals surface area contributed by atoms with Crippen LogP contribution in [0.15, 0.2) is 110 Å². The molecule has 0 saturated heterocycles. The Morgan fingerprint density at radius 2 is 1.60 bits per heavy atom. The monoisotopic (exact) mass is 769 g/mol. The minimum absolute atomic E-state index is 0.00311. The van der Waals surface area contributed by atoms with E-state index in [0.717, 1.165) is 55.1 Å². The summed E-state index contributed by atoms with van der Waals surface area (Å²) in [7, 11) is 0. The Hall–Kier alpha value is -5.23. The first-order valence-corrected chi connectivity index (χ1v) is 21.8. The van der Waals surface area contributed by atoms with Crippen LogP contribution in [0.5, 0.6) is 0 Å². The number of rotatable bonds is 9. The molecule has 3 aliphatic heterocycles. The van der Waals surface area contributed by atoms with E-state index >= 15 is 0 Å². The Kier molecular flexibility index (Phi) is 9.22. The minimum atomic E-state index is -0.115. The topological polar surface area (TPSA) is 41.1 Å². The molecular formula is C52H61N6+. The molecule has 4 unspecified atom stereocenters. The maximum atomic E-state index is 5.32. The zero-order valence-corrected chi connectivity index (χ0v) is 36.3. The SMILES string of the molecule is CCC1(C)c2ccc3cc2-c2n(cc[n+]2C1(CC)CCCc1ccccc1N1c2ncc(C(C)(C)C)nc2N(c2ccccc2)C1C)-c1c(C(C)C)cccc1C3C. The molecule has 0 N–H and O–H groups in total. The molecule has 0 amide bonds. The van der Waals surface area contributed by atoms with Gasteiger partial charge in [-0.05, 0) is 85.9 Å². The van der Waals surface area contributed by atoms with Crippen LogP contribution in [0.3, 0.4) is 0 Å². The molecule has 0 spiro atoms. The van der Waals surface area contributed by atoms with Gasteiger partial charge in [0.05, 0.1) is 17.5 Å². The van der Waals surface area contributed by atoms with Crippen molar-refractivity contribution in [3.05, 3.63) is 143 Å². The first-order chi connectivity index (χ1) is 27.8. The van der Waals surface area contributed by atoms with Gasteiger partial charge in [-0.15, -0.1) is 0 Å². The average molecular weight is 770 g/mol. The summed E-state index contributed by atoms with van der Waals surface area (Å²) >= 11 is 0. The van der Waals surface area contributed by atoms with Gasteiger partial charge in [0.25, 0.3) is 5.82 Å². The van der Waals surface area contributed by atoms with Gasteiger partial charge in [-0.2, -0.15) is 4.57 Å². The van der Waals surface area contributed by atoms with Crippen molar-refractivity contribution in [2.75, 3.05) is 9.80 Å². The fourth-order valence-electron chi connectivity index (χ4n) is 11.0. The predicted molar refractivity (Wildman–Crippen MR) is 239 cm³/mol. The van der Waals surface area contributed by atoms with E-state index in [4.69, 9.17) is 9.97 Å². The van der Waals surface area contributed by atoms with Crippen LogP contribution in [0.25, 0.3) is 17.1 Å². The van der Waals surface area contributed by atoms with E-state index < -0.39 is 0 Å². The lowest BCUT2D eigenvalue weighted by Gasteiger charge is -2.50. The molecule has 5 heterocycles. The third kappa shape index (κ3) is 5.53. The number of para-hydroxylation sites is 3. The van der Waals surface area contributed by atoms with E-state index in [0.29, 0.717) is 11.8 Å². The van der Waals surface area contributed by atoms with Crippen molar-refractivity contribution in [3.63, 3.8) is 0 Å². The van der Waals surface area contributed by atoms with E-state index in [2.05, 4.69) is 192 Å². The van der Waals surface area contributed by atoms with Gasteiger partial charge in [0, 0.05) is 39.2 Å². The highest BCUT2D eigenvalue weighted by molar-refractivity contribution is 5.84. The second-order valence-electron chi connectivity index (χ2n) is 18.7. The molecule has 0 fully saturated rings. The Bertz CT molecular complexity index is 2510. The number of aromatic nitrogens is 4. The third-order valence-electron chi connectivity index (χ3n) is 14.4. The highest BCUT2D eigenvalue weighted by Crippen LogP contribution is 2.54. The smallest absolute Gasteiger partial charge is 0.294 e. The number of anilines is 4. The number of fused-ring (bicyclic) bond motifs is 4. The summed E-state index contributed by atoms with van der Waals surface area (Å²) < 4.78 is 5.29. The van der Waals surface area contributed by atoms with Gasteiger partial charge in [-0.3, -0.25) is 0 Å². The maximum Gasteiger partial charge on any atom is 0.294 e. The number of hydrogen-bond acceptors (Lipinski definition) is 4. The van der Waals surface area contributed by atoms with Crippen LogP contribution in [0.1, 0.15) is 140 Å². The Morgan fingerprint density at radius 3 is 2.33 bits per heavy atom. The largest absolute Gasteiger partial charge is 0.302 e. The molecular weight excluding hydrogens is 709 g/mol. The molecule has 6 heteroatoms. The maximum absolute atomic E-state index is 5.32. The molecule has 0 saturated carbocycles. The van der Waals surface area contributed by atoms with Crippen LogP contribution < -0.4 is 14.4 Å². The first kappa shape index (κ1) is 38.3. The van der Waals surface area contributed by atoms with Crippen LogP contribution in [-0.2, 0) is 22.8 Å². The van der Waals surface area contributed by atoms with Gasteiger partial charge >= 0.3 is 0 Å². The molecule has 9 rings (SSSR count). The Balaban J connectivity index is 1.12. The van der Waals surface area contributed by atoms with Crippen LogP contribution in [0.4, 0.5) is 23.0 Å². The zero-order valence-electron chi connectivity index (χ0n) is 36.3. The zero-order chi connectivity index (χ0) is 40.7. The van der Waals surface area contributed by atoms with Gasteiger partial charge in [0.1, 0.15) is 29.8 Å². The second kappa shape index (κ2) is 14.0. The van der Waals surface area contributed by atoms with Crippen molar-refractivity contribution >= 4 is 23.0 Å². The van der Waals surface area contributed by atoms with Crippen molar-refractivity contribution in [1.29, 1.82) is 0 Å². The van der Waals surface area contributed by atoms with Gasteiger partial charge in [0.2, 0.25) is 0 Å². The summed E-state index contributed by atoms with van der Waals surface area (Å²) in [6.45, 7) is 23.4. The molecule has 3 aliphatic rings. The fourth-order valence-corrected chi connectivity index (χ4v) is 11.0. The normalized spacial score (nSPS) is 21.8. The Labute approximate surface area is 346 Å². The number of imidazole rings is 1. The van der Waals surface area contributed by atoms with Crippen LogP contribution in [-0.4, -0.2) is 20.7 Å². The van der Waals surface area contributed by atoms with Gasteiger partial charge in [-0.1, -0.05) is 129 Å². The number of aryl methyl sites for hydroxylation is 1. The Morgan fingerprint density at radius 1 is 0.845 bits per heavy atom. The molecule has 2 bridgehead atoms. The lowest BCUT2D eigenvalue weighted by molar-refractivity contribution is -0.769. The van der Waals surface area contributed by atoms with Gasteiger partial charge in [-0.25, -0.2) is 14.5 Å². The molecule has 6 aromatic rings. The van der Waals surface area contributed by atoms with Gasteiger partial charge in [0.15, 0.2) is 11.6 Å². The summed E-state index contributed by atoms with van der Waals surface area (Å²) in [5.74, 6) is 3.90. The van der Waals surface area contributed by atoms with Crippen molar-refractivity contribution in [2.24, 2.45) is 0 Å². The van der Waals surface area contributed by atoms with E-state index in [1.54, 1.807) is 0 Å². The first-order valence-electron chi connectivity index (χ1n) is 21.8. The van der Waals surface area contributed by atoms with Gasteiger partial charge < -0.3 is 9.80 Å². The van der Waals surface area contributed by atoms with E-state index in [1.165, 1.54) is 50.6 Å². The summed E-state index contributed by atoms with van der Waals surface area (Å²) in [6.07, 6.45) is 12.0. The lowest BCUT2D eigenvalue weighted by Crippen LogP contribution is -2.68. The average Bonchev–Trinajstić information content (AvgIpc) is 3.79. The molecule has 58 heavy (non-hydrogen) atoms. The predicted octanol–water partition coefficient (Wildman–Crippen LogP) is 12.6. The van der Waals surface area contributed by atoms with Crippen molar-refractivity contribution < 1.29 is 4.57 Å². The van der Waals surface area contributed by atoms with E-state index in [1.807, 2.05) is 6.20 Å². The van der Waals surface area contributed by atoms with E-state index in [-0.39, 0.29) is 22.5 Å². The molecule has 0 radical (unpaired) electrons. The van der Waals surface area contributed by atoms with Crippen molar-refractivity contribution in [2.45, 2.75) is 136 Å². The molecule has 4 aromatic carbocycles. The van der Waals surface area contributed by atoms with E-state index in [9.17, 15) is 0 Å². The van der Waals surface area contributed by atoms with Crippen LogP contribution in [0.2, 0.25) is 0 Å². The second-order valence-corrected chi connectivity index (χ2v) is 18.7. The standard InChI is InChI=1S/C52H61N6/c1-11-51(10)43-28-27-38-32-42(43)49-55(46-40(34(3)4)24-18-25-41(46)35(38)5)30-31-56(49)52(51,12-2)29-19-21-37-20-16-17-26-44(37)58-36(6)57(39-22-14-13-15-23-39)48-47(58)53-33-45(54-48)50(7,8)9/h13-18,20,22-28,30-36H,11-12,19,21,29H2,1-10H3/q+1. The molecule has 0 aliphatic carbocycles. The van der Waals surface area contributed by atoms with Crippen molar-refractivity contribution in [1.82, 2.24) is 14.5 Å². The number of hydrogen-bond donors (Lipinski definition) is 0. The number of nitrogens with zero attached hydrogens (tertiary/aromatic N) is 6. The highest BCUT2D eigenvalue weighted by Gasteiger charge is 2.58. The minimum Gasteiger partial charge on any atom is -0.302 e. The summed E-state index contributed by atoms with van der Waals surface area (Å²) in [5.41, 5.74) is 12.9. The summed E-state index contributed by atoms with van der Waals surface area (Å²) in [6, 6.07) is 34.1. The van der Waals surface area contributed by atoms with Crippen molar-refractivity contribution in [3.8, 4) is 17.1 Å².